The normalized spacial score (nSPS) is 13.0. The van der Waals surface area contributed by atoms with Crippen LogP contribution in [-0.2, 0) is 4.79 Å². The lowest BCUT2D eigenvalue weighted by molar-refractivity contribution is -0.118. The van der Waals surface area contributed by atoms with Crippen molar-refractivity contribution in [2.45, 2.75) is 13.0 Å². The number of rotatable bonds is 7. The zero-order valence-electron chi connectivity index (χ0n) is 18.4. The Hall–Kier alpha value is -4.04. The number of methoxy groups -OCH3 is 1. The number of carbonyl (C=O) groups excluding carboxylic acids is 2. The summed E-state index contributed by atoms with van der Waals surface area (Å²) < 4.78 is 16.4. The zero-order chi connectivity index (χ0) is 23.2. The van der Waals surface area contributed by atoms with Gasteiger partial charge in [0.25, 0.3) is 5.91 Å². The predicted molar refractivity (Wildman–Crippen MR) is 124 cm³/mol. The number of hydrogen-bond acceptors (Lipinski definition) is 6. The smallest absolute Gasteiger partial charge is 0.265 e. The van der Waals surface area contributed by atoms with Crippen molar-refractivity contribution in [1.82, 2.24) is 10.9 Å². The summed E-state index contributed by atoms with van der Waals surface area (Å²) in [4.78, 5) is 26.0. The van der Waals surface area contributed by atoms with E-state index in [1.807, 2.05) is 37.3 Å². The lowest BCUT2D eigenvalue weighted by Gasteiger charge is -2.21. The first kappa shape index (κ1) is 22.2. The Labute approximate surface area is 191 Å². The Morgan fingerprint density at radius 3 is 2.45 bits per heavy atom. The molecular formula is C25H25N3O5. The summed E-state index contributed by atoms with van der Waals surface area (Å²) in [6.45, 7) is 2.82. The highest BCUT2D eigenvalue weighted by Crippen LogP contribution is 2.31. The van der Waals surface area contributed by atoms with Gasteiger partial charge in [0.1, 0.15) is 25.0 Å². The molecule has 0 bridgehead atoms. The predicted octanol–water partition coefficient (Wildman–Crippen LogP) is 3.39. The molecule has 1 aliphatic heterocycles. The van der Waals surface area contributed by atoms with Gasteiger partial charge in [-0.2, -0.15) is 0 Å². The summed E-state index contributed by atoms with van der Waals surface area (Å²) in [6.07, 6.45) is 0. The first-order valence-corrected chi connectivity index (χ1v) is 10.5. The summed E-state index contributed by atoms with van der Waals surface area (Å²) in [7, 11) is 1.54. The number of aryl methyl sites for hydroxylation is 1. The highest BCUT2D eigenvalue weighted by molar-refractivity contribution is 5.98. The molecule has 0 saturated carbocycles. The minimum Gasteiger partial charge on any atom is -0.495 e. The fraction of sp³-hybridized carbons (Fsp3) is 0.200. The number of benzene rings is 3. The van der Waals surface area contributed by atoms with Crippen LogP contribution in [-0.4, -0.2) is 32.1 Å². The van der Waals surface area contributed by atoms with Crippen molar-refractivity contribution in [1.29, 1.82) is 0 Å². The van der Waals surface area contributed by atoms with Crippen LogP contribution in [0.4, 0.5) is 5.69 Å². The molecule has 3 aromatic rings. The van der Waals surface area contributed by atoms with Gasteiger partial charge >= 0.3 is 0 Å². The van der Waals surface area contributed by atoms with Crippen LogP contribution in [0.2, 0.25) is 0 Å². The third kappa shape index (κ3) is 5.24. The molecule has 8 heteroatoms. The van der Waals surface area contributed by atoms with Gasteiger partial charge < -0.3 is 19.5 Å². The Balaban J connectivity index is 1.51. The highest BCUT2D eigenvalue weighted by Gasteiger charge is 2.23. The molecule has 0 aromatic heterocycles. The molecule has 0 saturated heterocycles. The monoisotopic (exact) mass is 447 g/mol. The van der Waals surface area contributed by atoms with E-state index in [0.717, 1.165) is 5.56 Å². The molecule has 0 unspecified atom stereocenters. The molecule has 4 rings (SSSR count). The summed E-state index contributed by atoms with van der Waals surface area (Å²) >= 11 is 0. The van der Waals surface area contributed by atoms with Crippen molar-refractivity contribution in [3.63, 3.8) is 0 Å². The third-order valence-corrected chi connectivity index (χ3v) is 5.14. The molecule has 0 fully saturated rings. The van der Waals surface area contributed by atoms with E-state index in [1.54, 1.807) is 43.5 Å². The average Bonchev–Trinajstić information content (AvgIpc) is 2.84. The molecule has 170 valence electrons. The average molecular weight is 447 g/mol. The number of amides is 2. The van der Waals surface area contributed by atoms with Gasteiger partial charge in [-0.25, -0.2) is 5.43 Å². The van der Waals surface area contributed by atoms with E-state index in [4.69, 9.17) is 14.2 Å². The van der Waals surface area contributed by atoms with Crippen LogP contribution in [0.5, 0.6) is 17.2 Å². The number of fused-ring (bicyclic) bond motifs is 1. The molecule has 8 nitrogen and oxygen atoms in total. The van der Waals surface area contributed by atoms with Crippen LogP contribution in [0.1, 0.15) is 27.5 Å². The Morgan fingerprint density at radius 2 is 1.70 bits per heavy atom. The van der Waals surface area contributed by atoms with Crippen LogP contribution >= 0.6 is 0 Å². The molecule has 3 aromatic carbocycles. The number of hydrogen-bond donors (Lipinski definition) is 3. The van der Waals surface area contributed by atoms with Gasteiger partial charge in [0.2, 0.25) is 5.91 Å². The van der Waals surface area contributed by atoms with E-state index in [-0.39, 0.29) is 5.91 Å². The topological polar surface area (TPSA) is 97.9 Å². The minimum atomic E-state index is -0.849. The van der Waals surface area contributed by atoms with Gasteiger partial charge in [0, 0.05) is 5.56 Å². The zero-order valence-corrected chi connectivity index (χ0v) is 18.4. The first-order chi connectivity index (χ1) is 16.0. The molecule has 1 heterocycles. The molecule has 3 N–H and O–H groups in total. The van der Waals surface area contributed by atoms with Crippen molar-refractivity contribution >= 4 is 17.5 Å². The highest BCUT2D eigenvalue weighted by atomic mass is 16.6. The number of ether oxygens (including phenoxy) is 3. The lowest BCUT2D eigenvalue weighted by Crippen LogP contribution is -2.44. The standard InChI is InChI=1S/C25H25N3O5/c1-16-8-10-20(31-2)19(14-16)26-25(30)23(17-6-4-3-5-7-17)27-28-24(29)18-9-11-21-22(15-18)33-13-12-32-21/h3-11,14-15,23,27H,12-13H2,1-2H3,(H,26,30)(H,28,29)/t23-/m1/s1. The first-order valence-electron chi connectivity index (χ1n) is 10.5. The van der Waals surface area contributed by atoms with Gasteiger partial charge in [0.05, 0.1) is 12.8 Å². The van der Waals surface area contributed by atoms with Crippen molar-refractivity contribution < 1.29 is 23.8 Å². The molecule has 0 aliphatic carbocycles. The molecule has 2 amide bonds. The second-order valence-corrected chi connectivity index (χ2v) is 7.49. The molecule has 33 heavy (non-hydrogen) atoms. The second-order valence-electron chi connectivity index (χ2n) is 7.49. The van der Waals surface area contributed by atoms with Gasteiger partial charge in [-0.05, 0) is 48.4 Å². The number of carbonyl (C=O) groups is 2. The van der Waals surface area contributed by atoms with Gasteiger partial charge in [-0.1, -0.05) is 36.4 Å². The Kier molecular flexibility index (Phi) is 6.75. The van der Waals surface area contributed by atoms with E-state index >= 15 is 0 Å². The summed E-state index contributed by atoms with van der Waals surface area (Å²) in [5, 5.41) is 2.89. The Bertz CT molecular complexity index is 1150. The summed E-state index contributed by atoms with van der Waals surface area (Å²) in [5.41, 5.74) is 8.07. The molecular weight excluding hydrogens is 422 g/mol. The summed E-state index contributed by atoms with van der Waals surface area (Å²) in [5.74, 6) is 0.889. The largest absolute Gasteiger partial charge is 0.495 e. The minimum absolute atomic E-state index is 0.354. The molecule has 1 atom stereocenters. The van der Waals surface area contributed by atoms with Crippen LogP contribution < -0.4 is 30.4 Å². The fourth-order valence-electron chi connectivity index (χ4n) is 3.46. The maximum atomic E-state index is 13.2. The van der Waals surface area contributed by atoms with Crippen molar-refractivity contribution in [3.05, 3.63) is 83.4 Å². The second kappa shape index (κ2) is 10.1. The van der Waals surface area contributed by atoms with Gasteiger partial charge in [-0.3, -0.25) is 15.0 Å². The van der Waals surface area contributed by atoms with E-state index in [1.165, 1.54) is 0 Å². The van der Waals surface area contributed by atoms with Crippen molar-refractivity contribution in [2.24, 2.45) is 0 Å². The van der Waals surface area contributed by atoms with Gasteiger partial charge in [-0.15, -0.1) is 0 Å². The quantitative estimate of drug-likeness (QED) is 0.481. The SMILES string of the molecule is COc1ccc(C)cc1NC(=O)[C@H](NNC(=O)c1ccc2c(c1)OCCO2)c1ccccc1. The summed E-state index contributed by atoms with van der Waals surface area (Å²) in [6, 6.07) is 18.7. The lowest BCUT2D eigenvalue weighted by atomic mass is 10.1. The van der Waals surface area contributed by atoms with Crippen molar-refractivity contribution in [2.75, 3.05) is 25.6 Å². The fourth-order valence-corrected chi connectivity index (χ4v) is 3.46. The molecule has 0 radical (unpaired) electrons. The maximum absolute atomic E-state index is 13.2. The van der Waals surface area contributed by atoms with Crippen LogP contribution in [0, 0.1) is 6.92 Å². The Morgan fingerprint density at radius 1 is 0.939 bits per heavy atom. The number of anilines is 1. The maximum Gasteiger partial charge on any atom is 0.265 e. The number of hydrazine groups is 1. The van der Waals surface area contributed by atoms with Crippen LogP contribution in [0.15, 0.2) is 66.7 Å². The van der Waals surface area contributed by atoms with E-state index in [0.29, 0.717) is 47.3 Å². The number of nitrogens with one attached hydrogen (secondary N) is 3. The van der Waals surface area contributed by atoms with Crippen LogP contribution in [0.3, 0.4) is 0 Å². The molecule has 1 aliphatic rings. The van der Waals surface area contributed by atoms with E-state index in [9.17, 15) is 9.59 Å². The molecule has 0 spiro atoms. The van der Waals surface area contributed by atoms with Crippen molar-refractivity contribution in [3.8, 4) is 17.2 Å². The third-order valence-electron chi connectivity index (χ3n) is 5.14. The van der Waals surface area contributed by atoms with E-state index < -0.39 is 11.9 Å². The van der Waals surface area contributed by atoms with E-state index in [2.05, 4.69) is 16.2 Å². The van der Waals surface area contributed by atoms with Gasteiger partial charge in [0.15, 0.2) is 11.5 Å². The van der Waals surface area contributed by atoms with Crippen LogP contribution in [0.25, 0.3) is 0 Å².